The summed E-state index contributed by atoms with van der Waals surface area (Å²) in [4.78, 5) is 12.9. The SMILES string of the molecule is O=C(NC[C@H]1CCCO1)[C@@H](Cc1ccccc1)NS(=O)(=O)c1ccccc1. The van der Waals surface area contributed by atoms with Crippen molar-refractivity contribution in [3.05, 3.63) is 66.2 Å². The fraction of sp³-hybridized carbons (Fsp3) is 0.350. The number of ether oxygens (including phenoxy) is 1. The van der Waals surface area contributed by atoms with E-state index >= 15 is 0 Å². The topological polar surface area (TPSA) is 84.5 Å². The van der Waals surface area contributed by atoms with Gasteiger partial charge in [0, 0.05) is 13.2 Å². The van der Waals surface area contributed by atoms with Crippen LogP contribution >= 0.6 is 0 Å². The van der Waals surface area contributed by atoms with Gasteiger partial charge in [0.15, 0.2) is 0 Å². The molecular weight excluding hydrogens is 364 g/mol. The van der Waals surface area contributed by atoms with Crippen molar-refractivity contribution in [2.45, 2.75) is 36.3 Å². The second-order valence-electron chi connectivity index (χ2n) is 6.56. The maximum atomic E-state index is 12.7. The standard InChI is InChI=1S/C20H24N2O4S/c23-20(21-15-17-10-7-13-26-17)19(14-16-8-3-1-4-9-16)22-27(24,25)18-11-5-2-6-12-18/h1-6,8-9,11-12,17,19,22H,7,10,13-15H2,(H,21,23)/t17-,19-/m1/s1. The molecule has 2 N–H and O–H groups in total. The first-order chi connectivity index (χ1) is 13.0. The number of carbonyl (C=O) groups is 1. The van der Waals surface area contributed by atoms with Gasteiger partial charge in [0.2, 0.25) is 15.9 Å². The van der Waals surface area contributed by atoms with Gasteiger partial charge in [-0.3, -0.25) is 4.79 Å². The van der Waals surface area contributed by atoms with Crippen LogP contribution < -0.4 is 10.0 Å². The average Bonchev–Trinajstić information content (AvgIpc) is 3.20. The van der Waals surface area contributed by atoms with Gasteiger partial charge >= 0.3 is 0 Å². The molecule has 2 aromatic carbocycles. The van der Waals surface area contributed by atoms with Gasteiger partial charge in [0.05, 0.1) is 11.0 Å². The number of nitrogens with one attached hydrogen (secondary N) is 2. The van der Waals surface area contributed by atoms with Crippen LogP contribution in [-0.4, -0.2) is 39.6 Å². The van der Waals surface area contributed by atoms with Crippen LogP contribution in [0.2, 0.25) is 0 Å². The van der Waals surface area contributed by atoms with Crippen molar-refractivity contribution in [3.8, 4) is 0 Å². The molecule has 1 aliphatic rings. The molecule has 0 radical (unpaired) electrons. The van der Waals surface area contributed by atoms with Gasteiger partial charge in [0.25, 0.3) is 0 Å². The molecule has 0 saturated carbocycles. The third-order valence-corrected chi connectivity index (χ3v) is 5.97. The molecule has 0 unspecified atom stereocenters. The van der Waals surface area contributed by atoms with Crippen LogP contribution in [0.5, 0.6) is 0 Å². The summed E-state index contributed by atoms with van der Waals surface area (Å²) < 4.78 is 33.4. The van der Waals surface area contributed by atoms with Crippen molar-refractivity contribution in [2.75, 3.05) is 13.2 Å². The highest BCUT2D eigenvalue weighted by atomic mass is 32.2. The van der Waals surface area contributed by atoms with Crippen LogP contribution in [0.1, 0.15) is 18.4 Å². The fourth-order valence-electron chi connectivity index (χ4n) is 3.04. The number of hydrogen-bond acceptors (Lipinski definition) is 4. The monoisotopic (exact) mass is 388 g/mol. The first-order valence-electron chi connectivity index (χ1n) is 9.05. The Morgan fingerprint density at radius 2 is 1.74 bits per heavy atom. The summed E-state index contributed by atoms with van der Waals surface area (Å²) in [6, 6.07) is 16.5. The Balaban J connectivity index is 1.73. The van der Waals surface area contributed by atoms with Gasteiger partial charge in [-0.1, -0.05) is 48.5 Å². The molecule has 2 aromatic rings. The highest BCUT2D eigenvalue weighted by Crippen LogP contribution is 2.13. The predicted octanol–water partition coefficient (Wildman–Crippen LogP) is 1.87. The molecule has 1 fully saturated rings. The number of carbonyl (C=O) groups excluding carboxylic acids is 1. The molecule has 0 aromatic heterocycles. The number of amides is 1. The quantitative estimate of drug-likeness (QED) is 0.723. The van der Waals surface area contributed by atoms with E-state index in [0.29, 0.717) is 13.2 Å². The summed E-state index contributed by atoms with van der Waals surface area (Å²) >= 11 is 0. The molecule has 27 heavy (non-hydrogen) atoms. The van der Waals surface area contributed by atoms with Crippen LogP contribution in [0.3, 0.4) is 0 Å². The fourth-order valence-corrected chi connectivity index (χ4v) is 4.25. The summed E-state index contributed by atoms with van der Waals surface area (Å²) in [6.45, 7) is 1.09. The van der Waals surface area contributed by atoms with E-state index in [2.05, 4.69) is 10.0 Å². The Hall–Kier alpha value is -2.22. The van der Waals surface area contributed by atoms with Crippen LogP contribution in [0, 0.1) is 0 Å². The molecule has 2 atom stereocenters. The van der Waals surface area contributed by atoms with Crippen molar-refractivity contribution in [3.63, 3.8) is 0 Å². The zero-order chi connectivity index (χ0) is 19.1. The first kappa shape index (κ1) is 19.5. The van der Waals surface area contributed by atoms with E-state index in [4.69, 9.17) is 4.74 Å². The van der Waals surface area contributed by atoms with Gasteiger partial charge in [-0.25, -0.2) is 8.42 Å². The largest absolute Gasteiger partial charge is 0.376 e. The normalized spacial score (nSPS) is 18.1. The molecule has 6 nitrogen and oxygen atoms in total. The van der Waals surface area contributed by atoms with Gasteiger partial charge in [-0.05, 0) is 37.0 Å². The van der Waals surface area contributed by atoms with E-state index in [1.807, 2.05) is 30.3 Å². The van der Waals surface area contributed by atoms with Crippen LogP contribution in [0.15, 0.2) is 65.6 Å². The van der Waals surface area contributed by atoms with Crippen LogP contribution in [0.25, 0.3) is 0 Å². The van der Waals surface area contributed by atoms with Crippen molar-refractivity contribution in [1.29, 1.82) is 0 Å². The summed E-state index contributed by atoms with van der Waals surface area (Å²) in [5.74, 6) is -0.353. The van der Waals surface area contributed by atoms with Gasteiger partial charge in [-0.2, -0.15) is 4.72 Å². The molecule has 7 heteroatoms. The Kier molecular flexibility index (Phi) is 6.60. The van der Waals surface area contributed by atoms with E-state index in [-0.39, 0.29) is 23.3 Å². The van der Waals surface area contributed by atoms with E-state index < -0.39 is 16.1 Å². The second-order valence-corrected chi connectivity index (χ2v) is 8.27. The number of sulfonamides is 1. The Bertz CT molecular complexity index is 835. The molecule has 1 amide bonds. The lowest BCUT2D eigenvalue weighted by molar-refractivity contribution is -0.123. The summed E-state index contributed by atoms with van der Waals surface area (Å²) in [7, 11) is -3.80. The molecule has 0 bridgehead atoms. The van der Waals surface area contributed by atoms with E-state index in [1.165, 1.54) is 12.1 Å². The maximum absolute atomic E-state index is 12.7. The Morgan fingerprint density at radius 3 is 2.37 bits per heavy atom. The molecule has 144 valence electrons. The lowest BCUT2D eigenvalue weighted by Crippen LogP contribution is -2.49. The van der Waals surface area contributed by atoms with Crippen LogP contribution in [-0.2, 0) is 26.0 Å². The van der Waals surface area contributed by atoms with E-state index in [0.717, 1.165) is 18.4 Å². The van der Waals surface area contributed by atoms with Crippen molar-refractivity contribution in [1.82, 2.24) is 10.0 Å². The minimum Gasteiger partial charge on any atom is -0.376 e. The minimum absolute atomic E-state index is 0.00273. The van der Waals surface area contributed by atoms with Gasteiger partial charge < -0.3 is 10.1 Å². The van der Waals surface area contributed by atoms with Crippen molar-refractivity contribution < 1.29 is 17.9 Å². The molecule has 0 aliphatic carbocycles. The average molecular weight is 388 g/mol. The molecule has 1 saturated heterocycles. The third-order valence-electron chi connectivity index (χ3n) is 4.48. The second kappa shape index (κ2) is 9.12. The summed E-state index contributed by atoms with van der Waals surface area (Å²) in [5, 5.41) is 2.83. The third kappa shape index (κ3) is 5.63. The number of benzene rings is 2. The zero-order valence-corrected chi connectivity index (χ0v) is 15.8. The molecular formula is C20H24N2O4S. The highest BCUT2D eigenvalue weighted by molar-refractivity contribution is 7.89. The zero-order valence-electron chi connectivity index (χ0n) is 15.0. The van der Waals surface area contributed by atoms with Gasteiger partial charge in [0.1, 0.15) is 6.04 Å². The van der Waals surface area contributed by atoms with E-state index in [9.17, 15) is 13.2 Å². The molecule has 1 heterocycles. The van der Waals surface area contributed by atoms with Crippen LogP contribution in [0.4, 0.5) is 0 Å². The molecule has 1 aliphatic heterocycles. The number of hydrogen-bond donors (Lipinski definition) is 2. The van der Waals surface area contributed by atoms with Crippen molar-refractivity contribution in [2.24, 2.45) is 0 Å². The van der Waals surface area contributed by atoms with Crippen molar-refractivity contribution >= 4 is 15.9 Å². The Labute approximate surface area is 160 Å². The smallest absolute Gasteiger partial charge is 0.241 e. The number of rotatable bonds is 8. The molecule has 3 rings (SSSR count). The Morgan fingerprint density at radius 1 is 1.07 bits per heavy atom. The molecule has 0 spiro atoms. The summed E-state index contributed by atoms with van der Waals surface area (Å²) in [5.41, 5.74) is 0.880. The first-order valence-corrected chi connectivity index (χ1v) is 10.5. The predicted molar refractivity (Wildman–Crippen MR) is 103 cm³/mol. The maximum Gasteiger partial charge on any atom is 0.241 e. The lowest BCUT2D eigenvalue weighted by atomic mass is 10.1. The van der Waals surface area contributed by atoms with Gasteiger partial charge in [-0.15, -0.1) is 0 Å². The minimum atomic E-state index is -3.80. The highest BCUT2D eigenvalue weighted by Gasteiger charge is 2.27. The van der Waals surface area contributed by atoms with E-state index in [1.54, 1.807) is 18.2 Å². The summed E-state index contributed by atoms with van der Waals surface area (Å²) in [6.07, 6.45) is 2.15. The lowest BCUT2D eigenvalue weighted by Gasteiger charge is -2.20.